The second kappa shape index (κ2) is 11.6. The maximum atomic E-state index is 12.5. The van der Waals surface area contributed by atoms with Crippen molar-refractivity contribution in [1.82, 2.24) is 25.1 Å². The molecule has 3 fully saturated rings. The first kappa shape index (κ1) is 25.1. The van der Waals surface area contributed by atoms with Crippen LogP contribution in [0.25, 0.3) is 0 Å². The number of hydroxylamine groups is 2. The number of carbonyl (C=O) groups is 5. The van der Waals surface area contributed by atoms with Gasteiger partial charge >= 0.3 is 5.97 Å². The highest BCUT2D eigenvalue weighted by Crippen LogP contribution is 2.21. The van der Waals surface area contributed by atoms with Crippen LogP contribution < -0.4 is 5.32 Å². The molecule has 3 heterocycles. The summed E-state index contributed by atoms with van der Waals surface area (Å²) in [5, 5.41) is 3.40. The van der Waals surface area contributed by atoms with Gasteiger partial charge in [-0.05, 0) is 26.7 Å². The number of carbonyl (C=O) groups excluding carboxylic acids is 5. The van der Waals surface area contributed by atoms with E-state index >= 15 is 0 Å². The van der Waals surface area contributed by atoms with Crippen LogP contribution in [-0.2, 0) is 28.8 Å². The summed E-state index contributed by atoms with van der Waals surface area (Å²) in [6.07, 6.45) is 3.76. The number of amides is 4. The molecule has 0 bridgehead atoms. The number of nitrogens with one attached hydrogen (secondary N) is 1. The summed E-state index contributed by atoms with van der Waals surface area (Å²) in [5.74, 6) is -1.77. The van der Waals surface area contributed by atoms with Crippen molar-refractivity contribution in [2.75, 3.05) is 45.8 Å². The summed E-state index contributed by atoms with van der Waals surface area (Å²) >= 11 is 0. The van der Waals surface area contributed by atoms with Gasteiger partial charge < -0.3 is 15.1 Å². The molecule has 33 heavy (non-hydrogen) atoms. The Bertz CT molecular complexity index is 740. The third-order valence-corrected chi connectivity index (χ3v) is 6.64. The second-order valence-corrected chi connectivity index (χ2v) is 9.10. The van der Waals surface area contributed by atoms with Crippen LogP contribution >= 0.6 is 0 Å². The first-order chi connectivity index (χ1) is 15.7. The minimum absolute atomic E-state index is 0.0366. The van der Waals surface area contributed by atoms with Crippen LogP contribution in [0.3, 0.4) is 0 Å². The van der Waals surface area contributed by atoms with Crippen LogP contribution in [0.5, 0.6) is 0 Å². The molecule has 0 aromatic rings. The summed E-state index contributed by atoms with van der Waals surface area (Å²) in [6, 6.07) is 0.789. The summed E-state index contributed by atoms with van der Waals surface area (Å²) in [7, 11) is 0. The van der Waals surface area contributed by atoms with Crippen LogP contribution in [0, 0.1) is 0 Å². The molecular formula is C22H35N5O6. The lowest BCUT2D eigenvalue weighted by atomic mass is 9.97. The van der Waals surface area contributed by atoms with Crippen LogP contribution in [0.2, 0.25) is 0 Å². The van der Waals surface area contributed by atoms with E-state index in [1.165, 1.54) is 6.42 Å². The topological polar surface area (TPSA) is 120 Å². The first-order valence-electron chi connectivity index (χ1n) is 11.8. The van der Waals surface area contributed by atoms with Crippen molar-refractivity contribution in [2.45, 2.75) is 64.5 Å². The number of likely N-dealkylation sites (tertiary alicyclic amines) is 1. The van der Waals surface area contributed by atoms with Crippen LogP contribution in [0.4, 0.5) is 0 Å². The summed E-state index contributed by atoms with van der Waals surface area (Å²) in [6.45, 7) is 6.81. The van der Waals surface area contributed by atoms with Gasteiger partial charge in [-0.25, -0.2) is 4.79 Å². The average Bonchev–Trinajstić information content (AvgIpc) is 3.09. The van der Waals surface area contributed by atoms with Crippen molar-refractivity contribution >= 4 is 29.6 Å². The third-order valence-electron chi connectivity index (χ3n) is 6.64. The molecule has 11 nitrogen and oxygen atoms in total. The lowest BCUT2D eigenvalue weighted by Crippen LogP contribution is -2.51. The number of imide groups is 1. The van der Waals surface area contributed by atoms with E-state index in [2.05, 4.69) is 24.1 Å². The monoisotopic (exact) mass is 465 g/mol. The molecule has 0 aliphatic carbocycles. The largest absolute Gasteiger partial charge is 0.354 e. The number of piperazine rings is 1. The number of rotatable bonds is 8. The summed E-state index contributed by atoms with van der Waals surface area (Å²) < 4.78 is 0. The molecule has 1 N–H and O–H groups in total. The maximum absolute atomic E-state index is 12.5. The van der Waals surface area contributed by atoms with Gasteiger partial charge in [-0.2, -0.15) is 0 Å². The Morgan fingerprint density at radius 3 is 2.15 bits per heavy atom. The standard InChI is InChI=1S/C22H35N5O6/c1-16-4-3-5-17(2)26(16)14-18(28)23-9-8-19(29)25-12-10-24(11-13-25)15-22(32)33-27-20(30)6-7-21(27)31/h16-17H,3-15H2,1-2H3,(H,23,28). The minimum atomic E-state index is -0.668. The van der Waals surface area contributed by atoms with E-state index in [0.717, 1.165) is 12.8 Å². The SMILES string of the molecule is CC1CCCC(C)N1CC(=O)NCCC(=O)N1CCN(CC(=O)ON2C(=O)CCC2=O)CC1. The molecule has 3 rings (SSSR count). The molecule has 0 aromatic heterocycles. The quantitative estimate of drug-likeness (QED) is 0.477. The minimum Gasteiger partial charge on any atom is -0.354 e. The average molecular weight is 466 g/mol. The molecule has 4 amide bonds. The van der Waals surface area contributed by atoms with Crippen molar-refractivity contribution in [1.29, 1.82) is 0 Å². The molecule has 2 atom stereocenters. The molecule has 3 saturated heterocycles. The van der Waals surface area contributed by atoms with E-state index < -0.39 is 17.8 Å². The van der Waals surface area contributed by atoms with Gasteiger partial charge in [0.15, 0.2) is 0 Å². The fourth-order valence-corrected chi connectivity index (χ4v) is 4.60. The Morgan fingerprint density at radius 1 is 0.939 bits per heavy atom. The summed E-state index contributed by atoms with van der Waals surface area (Å²) in [4.78, 5) is 70.5. The van der Waals surface area contributed by atoms with Crippen molar-refractivity contribution in [3.63, 3.8) is 0 Å². The normalized spacial score (nSPS) is 24.8. The highest BCUT2D eigenvalue weighted by molar-refractivity contribution is 6.01. The zero-order valence-corrected chi connectivity index (χ0v) is 19.6. The smallest absolute Gasteiger partial charge is 0.347 e. The number of nitrogens with zero attached hydrogens (tertiary/aromatic N) is 4. The summed E-state index contributed by atoms with van der Waals surface area (Å²) in [5.41, 5.74) is 0. The predicted octanol–water partition coefficient (Wildman–Crippen LogP) is -0.493. The fourth-order valence-electron chi connectivity index (χ4n) is 4.60. The zero-order chi connectivity index (χ0) is 24.0. The van der Waals surface area contributed by atoms with E-state index in [0.29, 0.717) is 56.4 Å². The first-order valence-corrected chi connectivity index (χ1v) is 11.8. The number of hydrogen-bond acceptors (Lipinski definition) is 8. The van der Waals surface area contributed by atoms with Crippen molar-refractivity contribution in [2.24, 2.45) is 0 Å². The third kappa shape index (κ3) is 6.97. The van der Waals surface area contributed by atoms with E-state index in [4.69, 9.17) is 4.84 Å². The predicted molar refractivity (Wildman–Crippen MR) is 117 cm³/mol. The van der Waals surface area contributed by atoms with Gasteiger partial charge in [0.05, 0.1) is 13.1 Å². The molecular weight excluding hydrogens is 430 g/mol. The van der Waals surface area contributed by atoms with Gasteiger partial charge in [-0.3, -0.25) is 29.0 Å². The zero-order valence-electron chi connectivity index (χ0n) is 19.6. The molecule has 2 unspecified atom stereocenters. The number of hydrogen-bond donors (Lipinski definition) is 1. The molecule has 3 aliphatic heterocycles. The Labute approximate surface area is 194 Å². The molecule has 11 heteroatoms. The second-order valence-electron chi connectivity index (χ2n) is 9.10. The molecule has 0 radical (unpaired) electrons. The lowest BCUT2D eigenvalue weighted by Gasteiger charge is -2.38. The Balaban J connectivity index is 1.30. The van der Waals surface area contributed by atoms with Gasteiger partial charge in [0.1, 0.15) is 0 Å². The van der Waals surface area contributed by atoms with E-state index in [1.807, 2.05) is 4.90 Å². The van der Waals surface area contributed by atoms with Crippen molar-refractivity contribution in [3.8, 4) is 0 Å². The van der Waals surface area contributed by atoms with Crippen LogP contribution in [0.1, 0.15) is 52.4 Å². The van der Waals surface area contributed by atoms with Crippen molar-refractivity contribution < 1.29 is 28.8 Å². The van der Waals surface area contributed by atoms with Gasteiger partial charge in [0.2, 0.25) is 11.8 Å². The Morgan fingerprint density at radius 2 is 1.55 bits per heavy atom. The Hall–Kier alpha value is -2.53. The molecule has 3 aliphatic rings. The van der Waals surface area contributed by atoms with E-state index in [9.17, 15) is 24.0 Å². The molecule has 184 valence electrons. The van der Waals surface area contributed by atoms with Gasteiger partial charge in [0, 0.05) is 64.1 Å². The van der Waals surface area contributed by atoms with E-state index in [1.54, 1.807) is 4.90 Å². The van der Waals surface area contributed by atoms with Crippen LogP contribution in [0.15, 0.2) is 0 Å². The highest BCUT2D eigenvalue weighted by atomic mass is 16.7. The van der Waals surface area contributed by atoms with Gasteiger partial charge in [-0.1, -0.05) is 6.42 Å². The molecule has 0 saturated carbocycles. The molecule has 0 spiro atoms. The highest BCUT2D eigenvalue weighted by Gasteiger charge is 2.33. The van der Waals surface area contributed by atoms with E-state index in [-0.39, 0.29) is 37.6 Å². The Kier molecular flexibility index (Phi) is 8.79. The lowest BCUT2D eigenvalue weighted by molar-refractivity contribution is -0.198. The fraction of sp³-hybridized carbons (Fsp3) is 0.773. The molecule has 0 aromatic carbocycles. The number of piperidine rings is 1. The van der Waals surface area contributed by atoms with Crippen LogP contribution in [-0.4, -0.2) is 107 Å². The van der Waals surface area contributed by atoms with Gasteiger partial charge in [-0.15, -0.1) is 5.06 Å². The van der Waals surface area contributed by atoms with Crippen molar-refractivity contribution in [3.05, 3.63) is 0 Å². The van der Waals surface area contributed by atoms with Gasteiger partial charge in [0.25, 0.3) is 11.8 Å². The maximum Gasteiger partial charge on any atom is 0.347 e.